The van der Waals surface area contributed by atoms with Gasteiger partial charge in [-0.05, 0) is 33.6 Å². The number of amides is 1. The average molecular weight is 224 g/mol. The van der Waals surface area contributed by atoms with Crippen molar-refractivity contribution >= 4 is 5.91 Å². The molecule has 16 heavy (non-hydrogen) atoms. The van der Waals surface area contributed by atoms with Gasteiger partial charge < -0.3 is 5.32 Å². The fourth-order valence-corrected chi connectivity index (χ4v) is 2.31. The summed E-state index contributed by atoms with van der Waals surface area (Å²) in [6.07, 6.45) is 3.44. The van der Waals surface area contributed by atoms with Gasteiger partial charge in [-0.2, -0.15) is 0 Å². The zero-order valence-corrected chi connectivity index (χ0v) is 10.8. The second-order valence-electron chi connectivity index (χ2n) is 6.31. The van der Waals surface area contributed by atoms with Crippen LogP contribution in [0.3, 0.4) is 0 Å². The van der Waals surface area contributed by atoms with Gasteiger partial charge in [0.05, 0.1) is 0 Å². The molecule has 0 unspecified atom stereocenters. The zero-order chi connectivity index (χ0) is 11.8. The number of carbonyl (C=O) groups excluding carboxylic acids is 1. The van der Waals surface area contributed by atoms with Gasteiger partial charge in [-0.1, -0.05) is 6.42 Å². The van der Waals surface area contributed by atoms with E-state index < -0.39 is 0 Å². The van der Waals surface area contributed by atoms with Crippen molar-refractivity contribution in [1.82, 2.24) is 10.2 Å². The summed E-state index contributed by atoms with van der Waals surface area (Å²) in [6.45, 7) is 9.88. The number of carbonyl (C=O) groups is 1. The fraction of sp³-hybridized carbons (Fsp3) is 0.923. The fourth-order valence-electron chi connectivity index (χ4n) is 2.31. The van der Waals surface area contributed by atoms with Crippen molar-refractivity contribution in [3.05, 3.63) is 0 Å². The summed E-state index contributed by atoms with van der Waals surface area (Å²) in [5.74, 6) is 1.29. The molecule has 1 saturated heterocycles. The predicted octanol–water partition coefficient (Wildman–Crippen LogP) is 1.63. The van der Waals surface area contributed by atoms with Crippen molar-refractivity contribution in [3.8, 4) is 0 Å². The van der Waals surface area contributed by atoms with Gasteiger partial charge in [0.15, 0.2) is 0 Å². The standard InChI is InChI=1S/C13H24N2O/c1-13(2,3)15-8-10(9-15)7-14-12(16)11-5-4-6-11/h10-11H,4-9H2,1-3H3,(H,14,16). The molecule has 1 heterocycles. The molecule has 0 atom stereocenters. The third-order valence-electron chi connectivity index (χ3n) is 3.95. The van der Waals surface area contributed by atoms with Crippen molar-refractivity contribution in [2.24, 2.45) is 11.8 Å². The number of nitrogens with zero attached hydrogens (tertiary/aromatic N) is 1. The molecule has 0 bridgehead atoms. The Morgan fingerprint density at radius 2 is 1.94 bits per heavy atom. The lowest BCUT2D eigenvalue weighted by Gasteiger charge is -2.48. The van der Waals surface area contributed by atoms with Gasteiger partial charge in [-0.25, -0.2) is 0 Å². The molecule has 0 radical (unpaired) electrons. The molecular weight excluding hydrogens is 200 g/mol. The lowest BCUT2D eigenvalue weighted by molar-refractivity contribution is -0.128. The Labute approximate surface area is 98.6 Å². The monoisotopic (exact) mass is 224 g/mol. The minimum Gasteiger partial charge on any atom is -0.355 e. The Balaban J connectivity index is 1.61. The van der Waals surface area contributed by atoms with E-state index in [2.05, 4.69) is 31.0 Å². The molecule has 0 aromatic heterocycles. The van der Waals surface area contributed by atoms with E-state index in [9.17, 15) is 4.79 Å². The highest BCUT2D eigenvalue weighted by atomic mass is 16.1. The summed E-state index contributed by atoms with van der Waals surface area (Å²) in [5, 5.41) is 3.09. The van der Waals surface area contributed by atoms with E-state index in [0.717, 1.165) is 32.5 Å². The normalized spacial score (nSPS) is 23.7. The first-order valence-corrected chi connectivity index (χ1v) is 6.49. The van der Waals surface area contributed by atoms with E-state index >= 15 is 0 Å². The topological polar surface area (TPSA) is 32.3 Å². The van der Waals surface area contributed by atoms with Gasteiger partial charge in [0, 0.05) is 37.0 Å². The van der Waals surface area contributed by atoms with Crippen molar-refractivity contribution < 1.29 is 4.79 Å². The van der Waals surface area contributed by atoms with Gasteiger partial charge in [0.1, 0.15) is 0 Å². The van der Waals surface area contributed by atoms with E-state index in [1.165, 1.54) is 6.42 Å². The highest BCUT2D eigenvalue weighted by Crippen LogP contribution is 2.27. The van der Waals surface area contributed by atoms with Crippen LogP contribution in [-0.4, -0.2) is 36.0 Å². The first-order chi connectivity index (χ1) is 7.47. The van der Waals surface area contributed by atoms with Crippen molar-refractivity contribution in [2.75, 3.05) is 19.6 Å². The average Bonchev–Trinajstić information content (AvgIpc) is 1.94. The molecule has 2 rings (SSSR count). The van der Waals surface area contributed by atoms with Gasteiger partial charge in [-0.3, -0.25) is 9.69 Å². The van der Waals surface area contributed by atoms with Gasteiger partial charge >= 0.3 is 0 Å². The molecule has 0 aromatic rings. The summed E-state index contributed by atoms with van der Waals surface area (Å²) in [7, 11) is 0. The van der Waals surface area contributed by atoms with Crippen LogP contribution in [0.4, 0.5) is 0 Å². The maximum absolute atomic E-state index is 11.6. The van der Waals surface area contributed by atoms with E-state index in [1.54, 1.807) is 0 Å². The molecule has 1 aliphatic heterocycles. The molecule has 2 aliphatic rings. The molecule has 0 spiro atoms. The molecule has 1 aliphatic carbocycles. The molecule has 1 saturated carbocycles. The van der Waals surface area contributed by atoms with Crippen LogP contribution in [0.2, 0.25) is 0 Å². The van der Waals surface area contributed by atoms with Crippen LogP contribution in [-0.2, 0) is 4.79 Å². The van der Waals surface area contributed by atoms with Gasteiger partial charge in [0.25, 0.3) is 0 Å². The van der Waals surface area contributed by atoms with Crippen molar-refractivity contribution in [3.63, 3.8) is 0 Å². The summed E-state index contributed by atoms with van der Waals surface area (Å²) in [6, 6.07) is 0. The first kappa shape index (κ1) is 11.9. The quantitative estimate of drug-likeness (QED) is 0.790. The number of rotatable bonds is 3. The third-order valence-corrected chi connectivity index (χ3v) is 3.95. The number of likely N-dealkylation sites (tertiary alicyclic amines) is 1. The molecule has 0 aromatic carbocycles. The maximum Gasteiger partial charge on any atom is 0.223 e. The van der Waals surface area contributed by atoms with E-state index in [1.807, 2.05) is 0 Å². The van der Waals surface area contributed by atoms with Crippen LogP contribution in [0.5, 0.6) is 0 Å². The number of nitrogens with one attached hydrogen (secondary N) is 1. The number of hydrogen-bond acceptors (Lipinski definition) is 2. The first-order valence-electron chi connectivity index (χ1n) is 6.49. The van der Waals surface area contributed by atoms with Crippen LogP contribution < -0.4 is 5.32 Å². The zero-order valence-electron chi connectivity index (χ0n) is 10.8. The minimum atomic E-state index is 0.286. The molecule has 3 nitrogen and oxygen atoms in total. The van der Waals surface area contributed by atoms with Gasteiger partial charge in [0.2, 0.25) is 5.91 Å². The van der Waals surface area contributed by atoms with Crippen LogP contribution in [0.15, 0.2) is 0 Å². The molecule has 3 heteroatoms. The summed E-state index contributed by atoms with van der Waals surface area (Å²) in [5.41, 5.74) is 0.286. The number of hydrogen-bond donors (Lipinski definition) is 1. The maximum atomic E-state index is 11.6. The molecule has 92 valence electrons. The van der Waals surface area contributed by atoms with Crippen LogP contribution >= 0.6 is 0 Å². The Bertz CT molecular complexity index is 260. The SMILES string of the molecule is CC(C)(C)N1CC(CNC(=O)C2CCC2)C1. The smallest absolute Gasteiger partial charge is 0.223 e. The van der Waals surface area contributed by atoms with Crippen molar-refractivity contribution in [2.45, 2.75) is 45.6 Å². The Hall–Kier alpha value is -0.570. The minimum absolute atomic E-state index is 0.286. The Kier molecular flexibility index (Phi) is 3.24. The van der Waals surface area contributed by atoms with Crippen LogP contribution in [0.25, 0.3) is 0 Å². The highest BCUT2D eigenvalue weighted by Gasteiger charge is 2.34. The van der Waals surface area contributed by atoms with Crippen LogP contribution in [0.1, 0.15) is 40.0 Å². The Morgan fingerprint density at radius 1 is 1.31 bits per heavy atom. The summed E-state index contributed by atoms with van der Waals surface area (Å²) >= 11 is 0. The van der Waals surface area contributed by atoms with Crippen molar-refractivity contribution in [1.29, 1.82) is 0 Å². The van der Waals surface area contributed by atoms with E-state index in [-0.39, 0.29) is 5.54 Å². The summed E-state index contributed by atoms with van der Waals surface area (Å²) < 4.78 is 0. The lowest BCUT2D eigenvalue weighted by Crippen LogP contribution is -2.58. The van der Waals surface area contributed by atoms with E-state index in [0.29, 0.717) is 17.7 Å². The molecular formula is C13H24N2O. The summed E-state index contributed by atoms with van der Waals surface area (Å²) in [4.78, 5) is 14.1. The largest absolute Gasteiger partial charge is 0.355 e. The molecule has 1 amide bonds. The lowest BCUT2D eigenvalue weighted by atomic mass is 9.84. The Morgan fingerprint density at radius 3 is 2.38 bits per heavy atom. The predicted molar refractivity (Wildman–Crippen MR) is 65.2 cm³/mol. The second-order valence-corrected chi connectivity index (χ2v) is 6.31. The highest BCUT2D eigenvalue weighted by molar-refractivity contribution is 5.79. The molecule has 2 fully saturated rings. The van der Waals surface area contributed by atoms with Gasteiger partial charge in [-0.15, -0.1) is 0 Å². The molecule has 1 N–H and O–H groups in total. The third kappa shape index (κ3) is 2.57. The van der Waals surface area contributed by atoms with E-state index in [4.69, 9.17) is 0 Å². The second kappa shape index (κ2) is 4.36. The van der Waals surface area contributed by atoms with Crippen LogP contribution in [0, 0.1) is 11.8 Å².